The second-order valence-electron chi connectivity index (χ2n) is 5.70. The fourth-order valence-electron chi connectivity index (χ4n) is 2.54. The molecule has 2 rings (SSSR count). The van der Waals surface area contributed by atoms with E-state index in [1.54, 1.807) is 6.07 Å². The summed E-state index contributed by atoms with van der Waals surface area (Å²) in [5.74, 6) is -0.979. The lowest BCUT2D eigenvalue weighted by atomic mass is 10.2. The quantitative estimate of drug-likeness (QED) is 0.835. The molecule has 0 aliphatic carbocycles. The second kappa shape index (κ2) is 8.67. The van der Waals surface area contributed by atoms with Crippen LogP contribution in [0.2, 0.25) is 5.02 Å². The number of nitrogens with zero attached hydrogens (tertiary/aromatic N) is 1. The van der Waals surface area contributed by atoms with Gasteiger partial charge in [0.1, 0.15) is 11.6 Å². The Hall–Kier alpha value is -2.60. The summed E-state index contributed by atoms with van der Waals surface area (Å²) in [7, 11) is 1.52. The van der Waals surface area contributed by atoms with E-state index < -0.39 is 11.7 Å². The van der Waals surface area contributed by atoms with E-state index in [0.717, 1.165) is 5.56 Å². The molecule has 0 aromatic heterocycles. The maximum absolute atomic E-state index is 13.8. The van der Waals surface area contributed by atoms with Crippen LogP contribution in [0.4, 0.5) is 10.1 Å². The highest BCUT2D eigenvalue weighted by atomic mass is 35.5. The fraction of sp³-hybridized carbons (Fsp3) is 0.263. The Morgan fingerprint density at radius 3 is 2.62 bits per heavy atom. The Bertz CT molecular complexity index is 806. The molecular formula is C19H20ClFN2O3. The van der Waals surface area contributed by atoms with E-state index in [9.17, 15) is 14.0 Å². The summed E-state index contributed by atoms with van der Waals surface area (Å²) in [6.07, 6.45) is 0. The number of methoxy groups -OCH3 is 1. The SMILES string of the molecule is COc1ccc(C)cc1N(CCNC(=O)c1c(F)cccc1Cl)C(C)=O. The number of amides is 2. The van der Waals surface area contributed by atoms with Gasteiger partial charge < -0.3 is 15.0 Å². The number of aryl methyl sites for hydroxylation is 1. The smallest absolute Gasteiger partial charge is 0.255 e. The summed E-state index contributed by atoms with van der Waals surface area (Å²) in [6, 6.07) is 9.52. The van der Waals surface area contributed by atoms with Crippen molar-refractivity contribution >= 4 is 29.1 Å². The Morgan fingerprint density at radius 1 is 1.27 bits per heavy atom. The van der Waals surface area contributed by atoms with Crippen LogP contribution >= 0.6 is 11.6 Å². The molecule has 0 spiro atoms. The summed E-state index contributed by atoms with van der Waals surface area (Å²) in [5.41, 5.74) is 1.36. The minimum Gasteiger partial charge on any atom is -0.495 e. The molecule has 0 aliphatic heterocycles. The van der Waals surface area contributed by atoms with Crippen molar-refractivity contribution in [1.29, 1.82) is 0 Å². The molecule has 0 unspecified atom stereocenters. The zero-order valence-corrected chi connectivity index (χ0v) is 15.6. The van der Waals surface area contributed by atoms with E-state index in [-0.39, 0.29) is 29.6 Å². The molecule has 0 aliphatic rings. The van der Waals surface area contributed by atoms with Crippen LogP contribution in [0.5, 0.6) is 5.75 Å². The van der Waals surface area contributed by atoms with Gasteiger partial charge in [0, 0.05) is 20.0 Å². The number of carbonyl (C=O) groups is 2. The molecule has 26 heavy (non-hydrogen) atoms. The van der Waals surface area contributed by atoms with Crippen LogP contribution in [0.3, 0.4) is 0 Å². The number of ether oxygens (including phenoxy) is 1. The van der Waals surface area contributed by atoms with E-state index in [4.69, 9.17) is 16.3 Å². The number of nitrogens with one attached hydrogen (secondary N) is 1. The summed E-state index contributed by atoms with van der Waals surface area (Å²) in [5, 5.41) is 2.62. The minimum absolute atomic E-state index is 0.0336. The van der Waals surface area contributed by atoms with Gasteiger partial charge in [-0.1, -0.05) is 23.7 Å². The maximum atomic E-state index is 13.8. The van der Waals surface area contributed by atoms with Gasteiger partial charge in [-0.2, -0.15) is 0 Å². The van der Waals surface area contributed by atoms with Crippen molar-refractivity contribution in [2.24, 2.45) is 0 Å². The topological polar surface area (TPSA) is 58.6 Å². The normalized spacial score (nSPS) is 10.3. The van der Waals surface area contributed by atoms with E-state index in [0.29, 0.717) is 11.4 Å². The van der Waals surface area contributed by atoms with Crippen LogP contribution < -0.4 is 15.0 Å². The average molecular weight is 379 g/mol. The Balaban J connectivity index is 2.12. The lowest BCUT2D eigenvalue weighted by molar-refractivity contribution is -0.116. The number of hydrogen-bond acceptors (Lipinski definition) is 3. The van der Waals surface area contributed by atoms with Crippen molar-refractivity contribution in [3.8, 4) is 5.75 Å². The first-order chi connectivity index (χ1) is 12.3. The van der Waals surface area contributed by atoms with Gasteiger partial charge >= 0.3 is 0 Å². The number of halogens is 2. The highest BCUT2D eigenvalue weighted by molar-refractivity contribution is 6.33. The lowest BCUT2D eigenvalue weighted by Crippen LogP contribution is -2.38. The second-order valence-corrected chi connectivity index (χ2v) is 6.11. The van der Waals surface area contributed by atoms with E-state index >= 15 is 0 Å². The van der Waals surface area contributed by atoms with Gasteiger partial charge in [-0.3, -0.25) is 9.59 Å². The van der Waals surface area contributed by atoms with Crippen molar-refractivity contribution in [3.63, 3.8) is 0 Å². The summed E-state index contributed by atoms with van der Waals surface area (Å²) >= 11 is 5.89. The van der Waals surface area contributed by atoms with Gasteiger partial charge in [-0.05, 0) is 36.8 Å². The molecule has 2 aromatic carbocycles. The van der Waals surface area contributed by atoms with Gasteiger partial charge in [0.15, 0.2) is 0 Å². The predicted molar refractivity (Wildman–Crippen MR) is 99.5 cm³/mol. The van der Waals surface area contributed by atoms with Gasteiger partial charge in [-0.15, -0.1) is 0 Å². The monoisotopic (exact) mass is 378 g/mol. The highest BCUT2D eigenvalue weighted by Crippen LogP contribution is 2.29. The van der Waals surface area contributed by atoms with Crippen LogP contribution in [0.25, 0.3) is 0 Å². The molecule has 138 valence electrons. The van der Waals surface area contributed by atoms with Crippen molar-refractivity contribution in [2.75, 3.05) is 25.1 Å². The molecule has 0 heterocycles. The average Bonchev–Trinajstić information content (AvgIpc) is 2.58. The molecule has 5 nitrogen and oxygen atoms in total. The third-order valence-corrected chi connectivity index (χ3v) is 4.13. The number of benzene rings is 2. The van der Waals surface area contributed by atoms with Crippen LogP contribution in [0.1, 0.15) is 22.8 Å². The highest BCUT2D eigenvalue weighted by Gasteiger charge is 2.18. The van der Waals surface area contributed by atoms with E-state index in [1.807, 2.05) is 19.1 Å². The van der Waals surface area contributed by atoms with Gasteiger partial charge in [0.2, 0.25) is 5.91 Å². The lowest BCUT2D eigenvalue weighted by Gasteiger charge is -2.24. The molecule has 0 saturated carbocycles. The first-order valence-corrected chi connectivity index (χ1v) is 8.38. The number of carbonyl (C=O) groups excluding carboxylic acids is 2. The standard InChI is InChI=1S/C19H20ClFN2O3/c1-12-7-8-17(26-3)16(11-12)23(13(2)24)10-9-22-19(25)18-14(20)5-4-6-15(18)21/h4-8,11H,9-10H2,1-3H3,(H,22,25). The van der Waals surface area contributed by atoms with Crippen LogP contribution in [0, 0.1) is 12.7 Å². The minimum atomic E-state index is -0.696. The third kappa shape index (κ3) is 4.52. The van der Waals surface area contributed by atoms with E-state index in [1.165, 1.54) is 37.1 Å². The zero-order valence-electron chi connectivity index (χ0n) is 14.8. The van der Waals surface area contributed by atoms with Gasteiger partial charge in [0.05, 0.1) is 23.4 Å². The summed E-state index contributed by atoms with van der Waals surface area (Å²) in [6.45, 7) is 3.66. The molecule has 0 fully saturated rings. The molecular weight excluding hydrogens is 359 g/mol. The fourth-order valence-corrected chi connectivity index (χ4v) is 2.79. The van der Waals surface area contributed by atoms with E-state index in [2.05, 4.69) is 5.32 Å². The molecule has 0 saturated heterocycles. The first-order valence-electron chi connectivity index (χ1n) is 8.00. The molecule has 0 atom stereocenters. The third-order valence-electron chi connectivity index (χ3n) is 3.82. The van der Waals surface area contributed by atoms with Crippen LogP contribution in [-0.4, -0.2) is 32.0 Å². The maximum Gasteiger partial charge on any atom is 0.255 e. The van der Waals surface area contributed by atoms with Gasteiger partial charge in [0.25, 0.3) is 5.91 Å². The number of hydrogen-bond donors (Lipinski definition) is 1. The molecule has 2 amide bonds. The number of anilines is 1. The van der Waals surface area contributed by atoms with Crippen molar-refractivity contribution in [3.05, 3.63) is 58.4 Å². The molecule has 0 radical (unpaired) electrons. The molecule has 1 N–H and O–H groups in total. The summed E-state index contributed by atoms with van der Waals surface area (Å²) in [4.78, 5) is 25.7. The van der Waals surface area contributed by atoms with Crippen LogP contribution in [-0.2, 0) is 4.79 Å². The Morgan fingerprint density at radius 2 is 2.00 bits per heavy atom. The molecule has 7 heteroatoms. The molecule has 2 aromatic rings. The Kier molecular flexibility index (Phi) is 6.58. The van der Waals surface area contributed by atoms with Gasteiger partial charge in [-0.25, -0.2) is 4.39 Å². The molecule has 0 bridgehead atoms. The zero-order chi connectivity index (χ0) is 19.3. The van der Waals surface area contributed by atoms with Crippen molar-refractivity contribution in [1.82, 2.24) is 5.32 Å². The van der Waals surface area contributed by atoms with Crippen LogP contribution in [0.15, 0.2) is 36.4 Å². The largest absolute Gasteiger partial charge is 0.495 e. The Labute approximate surface area is 156 Å². The number of rotatable bonds is 6. The summed E-state index contributed by atoms with van der Waals surface area (Å²) < 4.78 is 19.1. The van der Waals surface area contributed by atoms with Crippen molar-refractivity contribution in [2.45, 2.75) is 13.8 Å². The van der Waals surface area contributed by atoms with Crippen molar-refractivity contribution < 1.29 is 18.7 Å². The predicted octanol–water partition coefficient (Wildman–Crippen LogP) is 3.58. The first kappa shape index (κ1) is 19.7.